The summed E-state index contributed by atoms with van der Waals surface area (Å²) in [5.74, 6) is 3.07. The molecule has 0 radical (unpaired) electrons. The summed E-state index contributed by atoms with van der Waals surface area (Å²) in [5, 5.41) is 0. The fourth-order valence-corrected chi connectivity index (χ4v) is 5.40. The molecule has 0 saturated heterocycles. The summed E-state index contributed by atoms with van der Waals surface area (Å²) >= 11 is 0. The van der Waals surface area contributed by atoms with Crippen molar-refractivity contribution >= 4 is 0 Å². The monoisotopic (exact) mass is 400 g/mol. The van der Waals surface area contributed by atoms with E-state index in [9.17, 15) is 4.39 Å². The van der Waals surface area contributed by atoms with Gasteiger partial charge in [-0.05, 0) is 80.9 Å². The van der Waals surface area contributed by atoms with Gasteiger partial charge in [-0.15, -0.1) is 0 Å². The van der Waals surface area contributed by atoms with Crippen LogP contribution in [0.4, 0.5) is 4.39 Å². The minimum atomic E-state index is -0.231. The SMILES string of the molecule is CCC[C@H]1CC[C@H](CCC2CC=C(CCc3ccc(OCC)c(F)c3)CC2)CC1. The van der Waals surface area contributed by atoms with Crippen molar-refractivity contribution in [2.75, 3.05) is 6.61 Å². The topological polar surface area (TPSA) is 9.23 Å². The van der Waals surface area contributed by atoms with E-state index < -0.39 is 0 Å². The van der Waals surface area contributed by atoms with Gasteiger partial charge in [0.2, 0.25) is 0 Å². The zero-order valence-corrected chi connectivity index (χ0v) is 18.7. The molecule has 1 aromatic carbocycles. The van der Waals surface area contributed by atoms with Crippen LogP contribution in [0.25, 0.3) is 0 Å². The first kappa shape index (κ1) is 22.4. The molecule has 0 N–H and O–H groups in total. The lowest BCUT2D eigenvalue weighted by atomic mass is 9.76. The quantitative estimate of drug-likeness (QED) is 0.359. The number of halogens is 1. The molecular formula is C27H41FO. The Bertz CT molecular complexity index is 642. The fourth-order valence-electron chi connectivity index (χ4n) is 5.40. The Kier molecular flexibility index (Phi) is 9.08. The minimum Gasteiger partial charge on any atom is -0.491 e. The van der Waals surface area contributed by atoms with E-state index in [4.69, 9.17) is 4.74 Å². The molecule has 0 bridgehead atoms. The molecule has 0 aromatic heterocycles. The minimum absolute atomic E-state index is 0.231. The molecule has 1 unspecified atom stereocenters. The zero-order chi connectivity index (χ0) is 20.5. The van der Waals surface area contributed by atoms with Gasteiger partial charge in [-0.2, -0.15) is 0 Å². The van der Waals surface area contributed by atoms with Crippen LogP contribution in [0.3, 0.4) is 0 Å². The summed E-state index contributed by atoms with van der Waals surface area (Å²) < 4.78 is 19.3. The van der Waals surface area contributed by atoms with Gasteiger partial charge in [-0.25, -0.2) is 4.39 Å². The molecular weight excluding hydrogens is 359 g/mol. The van der Waals surface area contributed by atoms with Crippen molar-refractivity contribution in [2.45, 2.75) is 97.3 Å². The second-order valence-corrected chi connectivity index (χ2v) is 9.45. The van der Waals surface area contributed by atoms with Crippen LogP contribution in [-0.4, -0.2) is 6.61 Å². The van der Waals surface area contributed by atoms with Crippen molar-refractivity contribution in [3.63, 3.8) is 0 Å². The molecule has 0 spiro atoms. The molecule has 2 heteroatoms. The number of rotatable bonds is 10. The molecule has 29 heavy (non-hydrogen) atoms. The summed E-state index contributed by atoms with van der Waals surface area (Å²) in [7, 11) is 0. The average Bonchev–Trinajstić information content (AvgIpc) is 2.74. The molecule has 3 rings (SSSR count). The molecule has 0 aliphatic heterocycles. The number of hydrogen-bond donors (Lipinski definition) is 0. The lowest BCUT2D eigenvalue weighted by Gasteiger charge is -2.30. The lowest BCUT2D eigenvalue weighted by Crippen LogP contribution is -2.16. The van der Waals surface area contributed by atoms with Gasteiger partial charge < -0.3 is 4.74 Å². The maximum absolute atomic E-state index is 14.0. The Balaban J connectivity index is 1.35. The molecule has 1 nitrogen and oxygen atoms in total. The van der Waals surface area contributed by atoms with Gasteiger partial charge in [0.15, 0.2) is 11.6 Å². The van der Waals surface area contributed by atoms with Gasteiger partial charge in [0.1, 0.15) is 0 Å². The molecule has 1 aromatic rings. The van der Waals surface area contributed by atoms with E-state index in [0.29, 0.717) is 12.4 Å². The highest BCUT2D eigenvalue weighted by molar-refractivity contribution is 5.30. The van der Waals surface area contributed by atoms with Crippen molar-refractivity contribution in [1.82, 2.24) is 0 Å². The maximum atomic E-state index is 14.0. The van der Waals surface area contributed by atoms with Gasteiger partial charge in [0, 0.05) is 0 Å². The van der Waals surface area contributed by atoms with Crippen LogP contribution >= 0.6 is 0 Å². The van der Waals surface area contributed by atoms with Crippen molar-refractivity contribution in [3.8, 4) is 5.75 Å². The Labute approximate surface area is 178 Å². The molecule has 1 fully saturated rings. The summed E-state index contributed by atoms with van der Waals surface area (Å²) in [6.07, 6.45) is 20.0. The third-order valence-corrected chi connectivity index (χ3v) is 7.29. The Morgan fingerprint density at radius 2 is 1.62 bits per heavy atom. The summed E-state index contributed by atoms with van der Waals surface area (Å²) in [6, 6.07) is 5.43. The Morgan fingerprint density at radius 3 is 2.24 bits per heavy atom. The number of benzene rings is 1. The Morgan fingerprint density at radius 1 is 0.897 bits per heavy atom. The van der Waals surface area contributed by atoms with Crippen molar-refractivity contribution in [3.05, 3.63) is 41.2 Å². The third kappa shape index (κ3) is 7.15. The van der Waals surface area contributed by atoms with Gasteiger partial charge in [0.05, 0.1) is 6.61 Å². The summed E-state index contributed by atoms with van der Waals surface area (Å²) in [5.41, 5.74) is 2.66. The largest absolute Gasteiger partial charge is 0.491 e. The van der Waals surface area contributed by atoms with E-state index in [1.54, 1.807) is 17.7 Å². The molecule has 2 aliphatic carbocycles. The first-order valence-electron chi connectivity index (χ1n) is 12.3. The molecule has 2 aliphatic rings. The summed E-state index contributed by atoms with van der Waals surface area (Å²) in [4.78, 5) is 0. The van der Waals surface area contributed by atoms with Crippen LogP contribution in [0.5, 0.6) is 5.75 Å². The van der Waals surface area contributed by atoms with Crippen LogP contribution in [0, 0.1) is 23.6 Å². The van der Waals surface area contributed by atoms with Crippen LogP contribution in [0.1, 0.15) is 96.5 Å². The molecule has 0 amide bonds. The van der Waals surface area contributed by atoms with Gasteiger partial charge in [-0.1, -0.05) is 69.6 Å². The second-order valence-electron chi connectivity index (χ2n) is 9.45. The van der Waals surface area contributed by atoms with Gasteiger partial charge >= 0.3 is 0 Å². The normalized spacial score (nSPS) is 24.9. The van der Waals surface area contributed by atoms with E-state index in [1.165, 1.54) is 70.6 Å². The van der Waals surface area contributed by atoms with E-state index in [1.807, 2.05) is 13.0 Å². The van der Waals surface area contributed by atoms with Crippen molar-refractivity contribution in [1.29, 1.82) is 0 Å². The molecule has 0 heterocycles. The van der Waals surface area contributed by atoms with E-state index >= 15 is 0 Å². The van der Waals surface area contributed by atoms with Crippen molar-refractivity contribution in [2.24, 2.45) is 17.8 Å². The predicted molar refractivity (Wildman–Crippen MR) is 121 cm³/mol. The lowest BCUT2D eigenvalue weighted by molar-refractivity contribution is 0.236. The first-order chi connectivity index (χ1) is 14.2. The predicted octanol–water partition coefficient (Wildman–Crippen LogP) is 8.27. The zero-order valence-electron chi connectivity index (χ0n) is 18.7. The Hall–Kier alpha value is -1.31. The smallest absolute Gasteiger partial charge is 0.165 e. The fraction of sp³-hybridized carbons (Fsp3) is 0.704. The van der Waals surface area contributed by atoms with Crippen LogP contribution < -0.4 is 4.74 Å². The summed E-state index contributed by atoms with van der Waals surface area (Å²) in [6.45, 7) is 4.71. The molecule has 162 valence electrons. The maximum Gasteiger partial charge on any atom is 0.165 e. The third-order valence-electron chi connectivity index (χ3n) is 7.29. The van der Waals surface area contributed by atoms with Gasteiger partial charge in [-0.3, -0.25) is 0 Å². The number of hydrogen-bond acceptors (Lipinski definition) is 1. The highest BCUT2D eigenvalue weighted by Gasteiger charge is 2.22. The van der Waals surface area contributed by atoms with Crippen LogP contribution in [0.15, 0.2) is 29.8 Å². The van der Waals surface area contributed by atoms with Crippen LogP contribution in [0.2, 0.25) is 0 Å². The van der Waals surface area contributed by atoms with E-state index in [0.717, 1.165) is 36.2 Å². The highest BCUT2D eigenvalue weighted by atomic mass is 19.1. The van der Waals surface area contributed by atoms with Gasteiger partial charge in [0.25, 0.3) is 0 Å². The number of allylic oxidation sites excluding steroid dienone is 2. The first-order valence-corrected chi connectivity index (χ1v) is 12.3. The van der Waals surface area contributed by atoms with E-state index in [2.05, 4.69) is 13.0 Å². The number of aryl methyl sites for hydroxylation is 1. The van der Waals surface area contributed by atoms with Crippen LogP contribution in [-0.2, 0) is 6.42 Å². The molecule has 1 atom stereocenters. The average molecular weight is 401 g/mol. The number of ether oxygens (including phenoxy) is 1. The highest BCUT2D eigenvalue weighted by Crippen LogP contribution is 2.36. The molecule has 1 saturated carbocycles. The van der Waals surface area contributed by atoms with E-state index in [-0.39, 0.29) is 5.82 Å². The second kappa shape index (κ2) is 11.8. The standard InChI is InChI=1S/C27H41FO/c1-3-5-21-6-8-22(9-7-21)10-11-23-12-14-24(15-13-23)16-17-25-18-19-27(29-4-2)26(28)20-25/h14,18-23H,3-13,15-17H2,1-2H3/t21-,22-,23?. The van der Waals surface area contributed by atoms with Crippen molar-refractivity contribution < 1.29 is 9.13 Å².